The average Bonchev–Trinajstić information content (AvgIpc) is 2.51. The van der Waals surface area contributed by atoms with E-state index in [1.54, 1.807) is 46.8 Å². The van der Waals surface area contributed by atoms with Gasteiger partial charge in [-0.2, -0.15) is 0 Å². The third-order valence-electron chi connectivity index (χ3n) is 3.76. The maximum Gasteiger partial charge on any atom is 0.410 e. The number of aromatic carboxylic acids is 1. The molecule has 26 heavy (non-hydrogen) atoms. The largest absolute Gasteiger partial charge is 0.478 e. The highest BCUT2D eigenvalue weighted by molar-refractivity contribution is 5.99. The number of carbonyl (C=O) groups is 3. The molecule has 7 nitrogen and oxygen atoms in total. The number of rotatable bonds is 6. The highest BCUT2D eigenvalue weighted by Gasteiger charge is 2.29. The molecule has 0 fully saturated rings. The standard InChI is InChI=1S/C19H28N2O5/c1-7-11-21(18(25)26-19(4,5)6)13(3)16(22)20-15-10-8-9-14(12(15)2)17(23)24/h8-10,13H,7,11H2,1-6H3,(H,20,22)(H,23,24). The first-order chi connectivity index (χ1) is 12.0. The quantitative estimate of drug-likeness (QED) is 0.803. The topological polar surface area (TPSA) is 95.9 Å². The van der Waals surface area contributed by atoms with Gasteiger partial charge in [0.2, 0.25) is 5.91 Å². The van der Waals surface area contributed by atoms with Gasteiger partial charge in [-0.3, -0.25) is 9.69 Å². The van der Waals surface area contributed by atoms with Crippen LogP contribution >= 0.6 is 0 Å². The first kappa shape index (κ1) is 21.5. The van der Waals surface area contributed by atoms with Crippen molar-refractivity contribution in [3.63, 3.8) is 0 Å². The Morgan fingerprint density at radius 2 is 1.88 bits per heavy atom. The van der Waals surface area contributed by atoms with E-state index in [4.69, 9.17) is 4.74 Å². The highest BCUT2D eigenvalue weighted by Crippen LogP contribution is 2.20. The van der Waals surface area contributed by atoms with Crippen molar-refractivity contribution in [3.8, 4) is 0 Å². The Balaban J connectivity index is 2.98. The maximum absolute atomic E-state index is 12.6. The van der Waals surface area contributed by atoms with Crippen molar-refractivity contribution in [1.82, 2.24) is 4.90 Å². The van der Waals surface area contributed by atoms with Crippen LogP contribution < -0.4 is 5.32 Å². The molecule has 2 amide bonds. The number of benzene rings is 1. The van der Waals surface area contributed by atoms with Gasteiger partial charge in [0, 0.05) is 12.2 Å². The molecule has 0 aliphatic carbocycles. The number of anilines is 1. The zero-order valence-corrected chi connectivity index (χ0v) is 16.3. The van der Waals surface area contributed by atoms with Gasteiger partial charge < -0.3 is 15.2 Å². The van der Waals surface area contributed by atoms with Crippen LogP contribution in [-0.4, -0.2) is 46.2 Å². The molecule has 0 spiro atoms. The van der Waals surface area contributed by atoms with Crippen molar-refractivity contribution < 1.29 is 24.2 Å². The fourth-order valence-electron chi connectivity index (χ4n) is 2.39. The van der Waals surface area contributed by atoms with Gasteiger partial charge in [-0.15, -0.1) is 0 Å². The summed E-state index contributed by atoms with van der Waals surface area (Å²) in [5.41, 5.74) is 0.321. The Hall–Kier alpha value is -2.57. The Morgan fingerprint density at radius 1 is 1.27 bits per heavy atom. The lowest BCUT2D eigenvalue weighted by molar-refractivity contribution is -0.120. The van der Waals surface area contributed by atoms with Gasteiger partial charge in [0.1, 0.15) is 11.6 Å². The van der Waals surface area contributed by atoms with Crippen LogP contribution in [0.1, 0.15) is 57.0 Å². The summed E-state index contributed by atoms with van der Waals surface area (Å²) in [4.78, 5) is 37.6. The Bertz CT molecular complexity index is 679. The van der Waals surface area contributed by atoms with Crippen LogP contribution in [0, 0.1) is 6.92 Å². The summed E-state index contributed by atoms with van der Waals surface area (Å²) in [6.45, 7) is 10.8. The van der Waals surface area contributed by atoms with Crippen LogP contribution in [0.2, 0.25) is 0 Å². The Kier molecular flexibility index (Phi) is 7.18. The Morgan fingerprint density at radius 3 is 2.38 bits per heavy atom. The van der Waals surface area contributed by atoms with E-state index >= 15 is 0 Å². The molecule has 144 valence electrons. The van der Waals surface area contributed by atoms with E-state index < -0.39 is 29.6 Å². The van der Waals surface area contributed by atoms with Crippen LogP contribution in [0.15, 0.2) is 18.2 Å². The van der Waals surface area contributed by atoms with Gasteiger partial charge in [0.25, 0.3) is 0 Å². The molecule has 1 aromatic carbocycles. The SMILES string of the molecule is CCCN(C(=O)OC(C)(C)C)C(C)C(=O)Nc1cccc(C(=O)O)c1C. The smallest absolute Gasteiger partial charge is 0.410 e. The highest BCUT2D eigenvalue weighted by atomic mass is 16.6. The van der Waals surface area contributed by atoms with Crippen LogP contribution in [0.25, 0.3) is 0 Å². The fraction of sp³-hybridized carbons (Fsp3) is 0.526. The molecule has 0 bridgehead atoms. The first-order valence-corrected chi connectivity index (χ1v) is 8.61. The number of nitrogens with zero attached hydrogens (tertiary/aromatic N) is 1. The third kappa shape index (κ3) is 5.75. The van der Waals surface area contributed by atoms with Crippen LogP contribution in [0.5, 0.6) is 0 Å². The second-order valence-corrected chi connectivity index (χ2v) is 7.12. The number of hydrogen-bond donors (Lipinski definition) is 2. The van der Waals surface area contributed by atoms with E-state index in [2.05, 4.69) is 5.32 Å². The zero-order valence-electron chi connectivity index (χ0n) is 16.3. The molecule has 2 N–H and O–H groups in total. The molecule has 1 unspecified atom stereocenters. The van der Waals surface area contributed by atoms with Crippen molar-refractivity contribution in [1.29, 1.82) is 0 Å². The number of nitrogens with one attached hydrogen (secondary N) is 1. The van der Waals surface area contributed by atoms with E-state index in [9.17, 15) is 19.5 Å². The lowest BCUT2D eigenvalue weighted by Gasteiger charge is -2.31. The van der Waals surface area contributed by atoms with Crippen molar-refractivity contribution in [3.05, 3.63) is 29.3 Å². The average molecular weight is 364 g/mol. The number of ether oxygens (including phenoxy) is 1. The predicted molar refractivity (Wildman–Crippen MR) is 99.5 cm³/mol. The molecule has 0 heterocycles. The summed E-state index contributed by atoms with van der Waals surface area (Å²) in [5.74, 6) is -1.47. The summed E-state index contributed by atoms with van der Waals surface area (Å²) in [6, 6.07) is 3.90. The molecule has 1 rings (SSSR count). The van der Waals surface area contributed by atoms with E-state index in [0.717, 1.165) is 0 Å². The van der Waals surface area contributed by atoms with E-state index in [1.807, 2.05) is 6.92 Å². The minimum Gasteiger partial charge on any atom is -0.478 e. The minimum absolute atomic E-state index is 0.119. The number of carboxylic acids is 1. The molecular formula is C19H28N2O5. The predicted octanol–water partition coefficient (Wildman–Crippen LogP) is 3.67. The van der Waals surface area contributed by atoms with Gasteiger partial charge in [-0.05, 0) is 58.7 Å². The van der Waals surface area contributed by atoms with Crippen molar-refractivity contribution >= 4 is 23.7 Å². The summed E-state index contributed by atoms with van der Waals surface area (Å²) in [6.07, 6.45) is 0.114. The normalized spacial score (nSPS) is 12.2. The number of carbonyl (C=O) groups excluding carboxylic acids is 2. The van der Waals surface area contributed by atoms with Crippen LogP contribution in [0.3, 0.4) is 0 Å². The van der Waals surface area contributed by atoms with Crippen LogP contribution in [0.4, 0.5) is 10.5 Å². The summed E-state index contributed by atoms with van der Waals surface area (Å²) in [7, 11) is 0. The van der Waals surface area contributed by atoms with Gasteiger partial charge in [-0.1, -0.05) is 13.0 Å². The van der Waals surface area contributed by atoms with E-state index in [1.165, 1.54) is 11.0 Å². The summed E-state index contributed by atoms with van der Waals surface area (Å²) >= 11 is 0. The maximum atomic E-state index is 12.6. The van der Waals surface area contributed by atoms with Gasteiger partial charge >= 0.3 is 12.1 Å². The second kappa shape index (κ2) is 8.69. The molecule has 1 aromatic rings. The molecule has 1 atom stereocenters. The molecule has 0 saturated heterocycles. The zero-order chi connectivity index (χ0) is 20.1. The lowest BCUT2D eigenvalue weighted by atomic mass is 10.1. The van der Waals surface area contributed by atoms with Crippen molar-refractivity contribution in [2.24, 2.45) is 0 Å². The summed E-state index contributed by atoms with van der Waals surface area (Å²) < 4.78 is 5.38. The number of hydrogen-bond acceptors (Lipinski definition) is 4. The monoisotopic (exact) mass is 364 g/mol. The molecule has 0 aliphatic heterocycles. The van der Waals surface area contributed by atoms with Gasteiger partial charge in [0.05, 0.1) is 5.56 Å². The van der Waals surface area contributed by atoms with E-state index in [-0.39, 0.29) is 5.56 Å². The fourth-order valence-corrected chi connectivity index (χ4v) is 2.39. The lowest BCUT2D eigenvalue weighted by Crippen LogP contribution is -2.48. The molecule has 0 radical (unpaired) electrons. The third-order valence-corrected chi connectivity index (χ3v) is 3.76. The molecular weight excluding hydrogens is 336 g/mol. The number of carboxylic acid groups (broad SMARTS) is 1. The van der Waals surface area contributed by atoms with E-state index in [0.29, 0.717) is 24.2 Å². The molecule has 0 saturated carbocycles. The molecule has 0 aliphatic rings. The number of amides is 2. The molecule has 0 aromatic heterocycles. The first-order valence-electron chi connectivity index (χ1n) is 8.61. The van der Waals surface area contributed by atoms with Gasteiger partial charge in [0.15, 0.2) is 0 Å². The van der Waals surface area contributed by atoms with Crippen molar-refractivity contribution in [2.45, 2.75) is 59.6 Å². The summed E-state index contributed by atoms with van der Waals surface area (Å²) in [5, 5.41) is 11.9. The van der Waals surface area contributed by atoms with Crippen molar-refractivity contribution in [2.75, 3.05) is 11.9 Å². The Labute approximate surface area is 154 Å². The second-order valence-electron chi connectivity index (χ2n) is 7.12. The van der Waals surface area contributed by atoms with Gasteiger partial charge in [-0.25, -0.2) is 9.59 Å². The minimum atomic E-state index is -1.06. The van der Waals surface area contributed by atoms with Crippen LogP contribution in [-0.2, 0) is 9.53 Å². The molecule has 7 heteroatoms.